The maximum Gasteiger partial charge on any atom is 0.0587 e. The predicted octanol–water partition coefficient (Wildman–Crippen LogP) is 2.01. The molecule has 0 saturated carbocycles. The van der Waals surface area contributed by atoms with E-state index in [1.54, 1.807) is 0 Å². The Labute approximate surface area is 89.2 Å². The zero-order chi connectivity index (χ0) is 9.97. The van der Waals surface area contributed by atoms with Gasteiger partial charge in [0.25, 0.3) is 0 Å². The summed E-state index contributed by atoms with van der Waals surface area (Å²) in [7, 11) is 0. The van der Waals surface area contributed by atoms with Gasteiger partial charge in [0.2, 0.25) is 0 Å². The number of thiophene rings is 1. The Bertz CT molecular complexity index is 297. The first kappa shape index (κ1) is 10.1. The van der Waals surface area contributed by atoms with E-state index in [0.29, 0.717) is 12.6 Å². The van der Waals surface area contributed by atoms with Crippen molar-refractivity contribution in [1.82, 2.24) is 4.90 Å². The van der Waals surface area contributed by atoms with Crippen LogP contribution in [0.25, 0.3) is 0 Å². The molecule has 1 saturated heterocycles. The van der Waals surface area contributed by atoms with E-state index < -0.39 is 0 Å². The fraction of sp³-hybridized carbons (Fsp3) is 0.636. The van der Waals surface area contributed by atoms with Crippen molar-refractivity contribution in [3.63, 3.8) is 0 Å². The Hall–Kier alpha value is -0.380. The van der Waals surface area contributed by atoms with Crippen molar-refractivity contribution in [3.8, 4) is 0 Å². The second-order valence-electron chi connectivity index (χ2n) is 3.98. The number of aryl methyl sites for hydroxylation is 1. The molecule has 0 spiro atoms. The van der Waals surface area contributed by atoms with Crippen LogP contribution in [0.15, 0.2) is 11.4 Å². The highest BCUT2D eigenvalue weighted by Gasteiger charge is 2.24. The first-order valence-corrected chi connectivity index (χ1v) is 6.07. The van der Waals surface area contributed by atoms with E-state index in [1.165, 1.54) is 16.9 Å². The number of aliphatic hydroxyl groups excluding tert-OH is 1. The summed E-state index contributed by atoms with van der Waals surface area (Å²) in [5.74, 6) is 0. The molecule has 1 unspecified atom stereocenters. The summed E-state index contributed by atoms with van der Waals surface area (Å²) in [6.07, 6.45) is 2.39. The van der Waals surface area contributed by atoms with Crippen molar-refractivity contribution in [2.45, 2.75) is 32.4 Å². The van der Waals surface area contributed by atoms with Gasteiger partial charge in [0, 0.05) is 17.5 Å². The third-order valence-corrected chi connectivity index (χ3v) is 4.03. The smallest absolute Gasteiger partial charge is 0.0587 e. The summed E-state index contributed by atoms with van der Waals surface area (Å²) in [5.41, 5.74) is 1.39. The standard InChI is InChI=1S/C11H17NOS/c1-9-4-6-14-11(9)7-12-5-2-3-10(12)8-13/h4,6,10,13H,2-3,5,7-8H2,1H3. The lowest BCUT2D eigenvalue weighted by Crippen LogP contribution is -2.31. The lowest BCUT2D eigenvalue weighted by molar-refractivity contribution is 0.154. The second kappa shape index (κ2) is 4.43. The SMILES string of the molecule is Cc1ccsc1CN1CCCC1CO. The number of aliphatic hydroxyl groups is 1. The van der Waals surface area contributed by atoms with Crippen molar-refractivity contribution < 1.29 is 5.11 Å². The van der Waals surface area contributed by atoms with Gasteiger partial charge in [-0.1, -0.05) is 0 Å². The van der Waals surface area contributed by atoms with Crippen LogP contribution >= 0.6 is 11.3 Å². The van der Waals surface area contributed by atoms with E-state index in [2.05, 4.69) is 23.3 Å². The molecule has 2 heterocycles. The average Bonchev–Trinajstić information content (AvgIpc) is 2.77. The van der Waals surface area contributed by atoms with Gasteiger partial charge < -0.3 is 5.11 Å². The van der Waals surface area contributed by atoms with E-state index in [4.69, 9.17) is 0 Å². The molecule has 0 aromatic carbocycles. The molecule has 1 aliphatic heterocycles. The van der Waals surface area contributed by atoms with E-state index >= 15 is 0 Å². The van der Waals surface area contributed by atoms with Crippen LogP contribution in [0.2, 0.25) is 0 Å². The van der Waals surface area contributed by atoms with Gasteiger partial charge in [-0.05, 0) is 43.3 Å². The minimum absolute atomic E-state index is 0.310. The molecule has 0 bridgehead atoms. The molecule has 78 valence electrons. The van der Waals surface area contributed by atoms with Crippen LogP contribution in [-0.4, -0.2) is 29.2 Å². The van der Waals surface area contributed by atoms with Gasteiger partial charge in [-0.3, -0.25) is 4.90 Å². The lowest BCUT2D eigenvalue weighted by atomic mass is 10.2. The average molecular weight is 211 g/mol. The Morgan fingerprint density at radius 3 is 3.14 bits per heavy atom. The summed E-state index contributed by atoms with van der Waals surface area (Å²) in [6.45, 7) is 4.64. The molecular weight excluding hydrogens is 194 g/mol. The molecule has 1 fully saturated rings. The lowest BCUT2D eigenvalue weighted by Gasteiger charge is -2.22. The minimum atomic E-state index is 0.310. The van der Waals surface area contributed by atoms with Crippen molar-refractivity contribution >= 4 is 11.3 Å². The maximum atomic E-state index is 9.20. The molecule has 14 heavy (non-hydrogen) atoms. The van der Waals surface area contributed by atoms with Crippen LogP contribution in [0.3, 0.4) is 0 Å². The largest absolute Gasteiger partial charge is 0.395 e. The molecule has 1 N–H and O–H groups in total. The fourth-order valence-corrected chi connectivity index (χ4v) is 2.99. The molecule has 1 aromatic rings. The second-order valence-corrected chi connectivity index (χ2v) is 4.98. The molecule has 2 nitrogen and oxygen atoms in total. The molecule has 0 radical (unpaired) electrons. The van der Waals surface area contributed by atoms with E-state index in [9.17, 15) is 5.11 Å². The first-order valence-electron chi connectivity index (χ1n) is 5.19. The van der Waals surface area contributed by atoms with Crippen molar-refractivity contribution in [1.29, 1.82) is 0 Å². The number of likely N-dealkylation sites (tertiary alicyclic amines) is 1. The molecule has 1 aromatic heterocycles. The topological polar surface area (TPSA) is 23.5 Å². The number of hydrogen-bond acceptors (Lipinski definition) is 3. The Morgan fingerprint density at radius 1 is 1.64 bits per heavy atom. The maximum absolute atomic E-state index is 9.20. The highest BCUT2D eigenvalue weighted by molar-refractivity contribution is 7.10. The summed E-state index contributed by atoms with van der Waals surface area (Å²) in [5, 5.41) is 11.3. The van der Waals surface area contributed by atoms with Gasteiger partial charge in [-0.15, -0.1) is 11.3 Å². The zero-order valence-electron chi connectivity index (χ0n) is 8.57. The highest BCUT2D eigenvalue weighted by atomic mass is 32.1. The monoisotopic (exact) mass is 211 g/mol. The Morgan fingerprint density at radius 2 is 2.50 bits per heavy atom. The normalized spacial score (nSPS) is 23.1. The number of hydrogen-bond donors (Lipinski definition) is 1. The van der Waals surface area contributed by atoms with E-state index in [-0.39, 0.29) is 0 Å². The van der Waals surface area contributed by atoms with Gasteiger partial charge in [0.05, 0.1) is 6.61 Å². The van der Waals surface area contributed by atoms with E-state index in [0.717, 1.165) is 19.5 Å². The van der Waals surface area contributed by atoms with Crippen molar-refractivity contribution in [2.75, 3.05) is 13.2 Å². The Kier molecular flexibility index (Phi) is 3.21. The number of nitrogens with zero attached hydrogens (tertiary/aromatic N) is 1. The third kappa shape index (κ3) is 2.00. The van der Waals surface area contributed by atoms with Crippen LogP contribution in [0.1, 0.15) is 23.3 Å². The zero-order valence-corrected chi connectivity index (χ0v) is 9.39. The van der Waals surface area contributed by atoms with Gasteiger partial charge in [0.15, 0.2) is 0 Å². The highest BCUT2D eigenvalue weighted by Crippen LogP contribution is 2.23. The van der Waals surface area contributed by atoms with Crippen LogP contribution in [0.5, 0.6) is 0 Å². The molecule has 1 atom stereocenters. The summed E-state index contributed by atoms with van der Waals surface area (Å²) in [6, 6.07) is 2.57. The van der Waals surface area contributed by atoms with Gasteiger partial charge in [-0.2, -0.15) is 0 Å². The molecular formula is C11H17NOS. The van der Waals surface area contributed by atoms with Crippen molar-refractivity contribution in [3.05, 3.63) is 21.9 Å². The van der Waals surface area contributed by atoms with Gasteiger partial charge in [-0.25, -0.2) is 0 Å². The molecule has 1 aliphatic rings. The molecule has 2 rings (SSSR count). The molecule has 3 heteroatoms. The number of rotatable bonds is 3. The fourth-order valence-electron chi connectivity index (χ4n) is 2.06. The quantitative estimate of drug-likeness (QED) is 0.826. The van der Waals surface area contributed by atoms with Crippen LogP contribution in [0, 0.1) is 6.92 Å². The third-order valence-electron chi connectivity index (χ3n) is 3.02. The van der Waals surface area contributed by atoms with Gasteiger partial charge >= 0.3 is 0 Å². The summed E-state index contributed by atoms with van der Waals surface area (Å²) in [4.78, 5) is 3.85. The first-order chi connectivity index (χ1) is 6.81. The predicted molar refractivity (Wildman–Crippen MR) is 59.6 cm³/mol. The Balaban J connectivity index is 2.00. The summed E-state index contributed by atoms with van der Waals surface area (Å²) < 4.78 is 0. The molecule has 0 amide bonds. The molecule has 0 aliphatic carbocycles. The minimum Gasteiger partial charge on any atom is -0.395 e. The van der Waals surface area contributed by atoms with Crippen LogP contribution in [-0.2, 0) is 6.54 Å². The van der Waals surface area contributed by atoms with Gasteiger partial charge in [0.1, 0.15) is 0 Å². The summed E-state index contributed by atoms with van der Waals surface area (Å²) >= 11 is 1.83. The van der Waals surface area contributed by atoms with Crippen LogP contribution < -0.4 is 0 Å². The van der Waals surface area contributed by atoms with Crippen molar-refractivity contribution in [2.24, 2.45) is 0 Å². The van der Waals surface area contributed by atoms with E-state index in [1.807, 2.05) is 11.3 Å². The van der Waals surface area contributed by atoms with Crippen LogP contribution in [0.4, 0.5) is 0 Å².